The molecule has 160 valence electrons. The van der Waals surface area contributed by atoms with Crippen LogP contribution in [-0.4, -0.2) is 28.1 Å². The van der Waals surface area contributed by atoms with E-state index < -0.39 is 18.1 Å². The van der Waals surface area contributed by atoms with E-state index in [1.165, 1.54) is 23.7 Å². The minimum Gasteiger partial charge on any atom is -0.395 e. The van der Waals surface area contributed by atoms with Crippen molar-refractivity contribution in [3.8, 4) is 11.5 Å². The minimum absolute atomic E-state index is 0.0274. The van der Waals surface area contributed by atoms with E-state index in [2.05, 4.69) is 30.1 Å². The third-order valence-corrected chi connectivity index (χ3v) is 4.95. The van der Waals surface area contributed by atoms with Gasteiger partial charge in [-0.1, -0.05) is 0 Å². The molecule has 0 fully saturated rings. The zero-order valence-electron chi connectivity index (χ0n) is 15.7. The van der Waals surface area contributed by atoms with Crippen molar-refractivity contribution >= 4 is 34.7 Å². The van der Waals surface area contributed by atoms with Crippen LogP contribution in [0.1, 0.15) is 20.9 Å². The van der Waals surface area contributed by atoms with Crippen molar-refractivity contribution in [3.05, 3.63) is 58.2 Å². The number of aromatic nitrogens is 2. The van der Waals surface area contributed by atoms with Gasteiger partial charge in [0.15, 0.2) is 11.5 Å². The van der Waals surface area contributed by atoms with Crippen LogP contribution in [0.2, 0.25) is 0 Å². The largest absolute Gasteiger partial charge is 0.586 e. The molecule has 3 heterocycles. The first kappa shape index (κ1) is 20.5. The number of nitrogens with zero attached hydrogens (tertiary/aromatic N) is 2. The Morgan fingerprint density at radius 1 is 1.13 bits per heavy atom. The monoisotopic (exact) mass is 447 g/mol. The maximum atomic E-state index is 13.1. The smallest absolute Gasteiger partial charge is 0.395 e. The number of pyridine rings is 1. The number of alkyl halides is 2. The van der Waals surface area contributed by atoms with Crippen molar-refractivity contribution in [1.82, 2.24) is 9.97 Å². The van der Waals surface area contributed by atoms with Crippen LogP contribution in [0, 0.1) is 0 Å². The lowest BCUT2D eigenvalue weighted by Crippen LogP contribution is -2.25. The number of fused-ring (bicyclic) bond motifs is 1. The minimum atomic E-state index is -3.73. The summed E-state index contributed by atoms with van der Waals surface area (Å²) in [6, 6.07) is 7.44. The summed E-state index contributed by atoms with van der Waals surface area (Å²) in [5.41, 5.74) is 8.31. The molecule has 1 aliphatic heterocycles. The summed E-state index contributed by atoms with van der Waals surface area (Å²) in [6.45, 7) is 0.331. The number of carbonyl (C=O) groups is 2. The molecule has 1 aliphatic rings. The Morgan fingerprint density at radius 3 is 2.74 bits per heavy atom. The van der Waals surface area contributed by atoms with E-state index in [1.54, 1.807) is 18.3 Å². The highest BCUT2D eigenvalue weighted by atomic mass is 32.1. The number of hydrogen-bond acceptors (Lipinski definition) is 8. The zero-order chi connectivity index (χ0) is 22.0. The molecule has 4 N–H and O–H groups in total. The van der Waals surface area contributed by atoms with E-state index in [4.69, 9.17) is 5.73 Å². The van der Waals surface area contributed by atoms with Crippen molar-refractivity contribution in [2.24, 2.45) is 5.73 Å². The molecule has 12 heteroatoms. The van der Waals surface area contributed by atoms with Gasteiger partial charge in [0.2, 0.25) is 5.91 Å². The van der Waals surface area contributed by atoms with E-state index in [1.807, 2.05) is 0 Å². The molecule has 0 saturated heterocycles. The van der Waals surface area contributed by atoms with Gasteiger partial charge in [-0.05, 0) is 29.8 Å². The summed E-state index contributed by atoms with van der Waals surface area (Å²) in [7, 11) is 0. The summed E-state index contributed by atoms with van der Waals surface area (Å²) in [5, 5.41) is 5.68. The van der Waals surface area contributed by atoms with Crippen LogP contribution in [0.3, 0.4) is 0 Å². The number of hydrogen-bond donors (Lipinski definition) is 3. The average molecular weight is 447 g/mol. The second-order valence-corrected chi connectivity index (χ2v) is 7.32. The first-order chi connectivity index (χ1) is 14.8. The SMILES string of the molecule is NC(=O)Cc1cc(CNc2ncsc2C(=O)Nc2ccc3c(c2)OC(F)(F)O3)ccn1. The number of anilines is 2. The quantitative estimate of drug-likeness (QED) is 0.508. The molecule has 0 aliphatic carbocycles. The zero-order valence-corrected chi connectivity index (χ0v) is 16.5. The maximum absolute atomic E-state index is 13.1. The van der Waals surface area contributed by atoms with Crippen LogP contribution in [0.5, 0.6) is 11.5 Å². The molecule has 0 saturated carbocycles. The highest BCUT2D eigenvalue weighted by Gasteiger charge is 2.43. The molecule has 4 rings (SSSR count). The van der Waals surface area contributed by atoms with E-state index >= 15 is 0 Å². The number of nitrogens with one attached hydrogen (secondary N) is 2. The fourth-order valence-electron chi connectivity index (χ4n) is 2.85. The van der Waals surface area contributed by atoms with Crippen LogP contribution >= 0.6 is 11.3 Å². The number of ether oxygens (including phenoxy) is 2. The Morgan fingerprint density at radius 2 is 1.94 bits per heavy atom. The molecule has 3 aromatic rings. The molecule has 0 radical (unpaired) electrons. The number of benzene rings is 1. The predicted octanol–water partition coefficient (Wildman–Crippen LogP) is 2.75. The Bertz CT molecular complexity index is 1150. The molecule has 1 aromatic carbocycles. The molecule has 2 amide bonds. The molecule has 0 spiro atoms. The molecule has 0 unspecified atom stereocenters. The molecule has 2 aromatic heterocycles. The number of carbonyl (C=O) groups excluding carboxylic acids is 2. The number of nitrogens with two attached hydrogens (primary N) is 1. The Hall–Kier alpha value is -3.80. The highest BCUT2D eigenvalue weighted by molar-refractivity contribution is 7.12. The van der Waals surface area contributed by atoms with Crippen LogP contribution in [0.25, 0.3) is 0 Å². The van der Waals surface area contributed by atoms with Crippen LogP contribution < -0.4 is 25.8 Å². The number of halogens is 2. The van der Waals surface area contributed by atoms with E-state index in [9.17, 15) is 18.4 Å². The molecular formula is C19H15F2N5O4S. The van der Waals surface area contributed by atoms with E-state index in [0.29, 0.717) is 22.9 Å². The van der Waals surface area contributed by atoms with Gasteiger partial charge in [-0.25, -0.2) is 4.98 Å². The van der Waals surface area contributed by atoms with Gasteiger partial charge in [-0.3, -0.25) is 14.6 Å². The van der Waals surface area contributed by atoms with Gasteiger partial charge in [-0.2, -0.15) is 0 Å². The lowest BCUT2D eigenvalue weighted by Gasteiger charge is -2.08. The fourth-order valence-corrected chi connectivity index (χ4v) is 3.50. The van der Waals surface area contributed by atoms with Crippen LogP contribution in [-0.2, 0) is 17.8 Å². The van der Waals surface area contributed by atoms with Gasteiger partial charge in [0.05, 0.1) is 11.9 Å². The summed E-state index contributed by atoms with van der Waals surface area (Å²) >= 11 is 1.11. The van der Waals surface area contributed by atoms with Gasteiger partial charge in [0.1, 0.15) is 10.7 Å². The van der Waals surface area contributed by atoms with Crippen molar-refractivity contribution in [1.29, 1.82) is 0 Å². The second kappa shape index (κ2) is 8.14. The van der Waals surface area contributed by atoms with Crippen molar-refractivity contribution in [2.45, 2.75) is 19.3 Å². The lowest BCUT2D eigenvalue weighted by molar-refractivity contribution is -0.286. The fraction of sp³-hybridized carbons (Fsp3) is 0.158. The third-order valence-electron chi connectivity index (χ3n) is 4.13. The number of amides is 2. The normalized spacial score (nSPS) is 13.6. The van der Waals surface area contributed by atoms with Crippen molar-refractivity contribution in [2.75, 3.05) is 10.6 Å². The maximum Gasteiger partial charge on any atom is 0.586 e. The van der Waals surface area contributed by atoms with E-state index in [-0.39, 0.29) is 23.6 Å². The Labute approximate surface area is 178 Å². The predicted molar refractivity (Wildman–Crippen MR) is 107 cm³/mol. The lowest BCUT2D eigenvalue weighted by atomic mass is 10.2. The van der Waals surface area contributed by atoms with Gasteiger partial charge < -0.3 is 25.8 Å². The number of thiazole rings is 1. The molecule has 0 bridgehead atoms. The second-order valence-electron chi connectivity index (χ2n) is 6.47. The highest BCUT2D eigenvalue weighted by Crippen LogP contribution is 2.42. The van der Waals surface area contributed by atoms with Crippen LogP contribution in [0.4, 0.5) is 20.3 Å². The van der Waals surface area contributed by atoms with E-state index in [0.717, 1.165) is 16.9 Å². The first-order valence-corrected chi connectivity index (χ1v) is 9.78. The Balaban J connectivity index is 1.42. The average Bonchev–Trinajstić information content (AvgIpc) is 3.28. The van der Waals surface area contributed by atoms with Gasteiger partial charge in [0, 0.05) is 30.2 Å². The van der Waals surface area contributed by atoms with Crippen LogP contribution in [0.15, 0.2) is 42.0 Å². The number of rotatable bonds is 7. The molecule has 0 atom stereocenters. The summed E-state index contributed by atoms with van der Waals surface area (Å²) in [5.74, 6) is -0.891. The standard InChI is InChI=1S/C19H15F2N5O4S/c20-19(21)29-13-2-1-11(6-14(13)30-19)26-18(28)16-17(25-9-31-16)24-8-10-3-4-23-12(5-10)7-15(22)27/h1-6,9,24H,7-8H2,(H2,22,27)(H,26,28). The Kier molecular flexibility index (Phi) is 5.38. The molecule has 31 heavy (non-hydrogen) atoms. The summed E-state index contributed by atoms with van der Waals surface area (Å²) in [6.07, 6.45) is -2.14. The summed E-state index contributed by atoms with van der Waals surface area (Å²) in [4.78, 5) is 32.2. The number of primary amides is 1. The topological polar surface area (TPSA) is 128 Å². The van der Waals surface area contributed by atoms with Crippen molar-refractivity contribution in [3.63, 3.8) is 0 Å². The third kappa shape index (κ3) is 4.86. The first-order valence-electron chi connectivity index (χ1n) is 8.90. The van der Waals surface area contributed by atoms with Crippen molar-refractivity contribution < 1.29 is 27.8 Å². The van der Waals surface area contributed by atoms with Gasteiger partial charge in [-0.15, -0.1) is 20.1 Å². The molecule has 9 nitrogen and oxygen atoms in total. The molecular weight excluding hydrogens is 432 g/mol. The summed E-state index contributed by atoms with van der Waals surface area (Å²) < 4.78 is 35.0. The van der Waals surface area contributed by atoms with Gasteiger partial charge >= 0.3 is 6.29 Å². The van der Waals surface area contributed by atoms with Gasteiger partial charge in [0.25, 0.3) is 5.91 Å².